The second-order valence-electron chi connectivity index (χ2n) is 6.56. The number of oxazole rings is 1. The Labute approximate surface area is 162 Å². The Balaban J connectivity index is 1.59. The van der Waals surface area contributed by atoms with Crippen molar-refractivity contribution in [1.82, 2.24) is 9.88 Å². The second-order valence-corrected chi connectivity index (χ2v) is 8.31. The van der Waals surface area contributed by atoms with Gasteiger partial charge in [0.15, 0.2) is 11.4 Å². The summed E-state index contributed by atoms with van der Waals surface area (Å²) < 4.78 is 31.5. The number of benzene rings is 2. The molecule has 8 nitrogen and oxygen atoms in total. The third-order valence-electron chi connectivity index (χ3n) is 4.19. The van der Waals surface area contributed by atoms with Gasteiger partial charge >= 0.3 is 5.76 Å². The van der Waals surface area contributed by atoms with E-state index in [9.17, 15) is 18.0 Å². The van der Waals surface area contributed by atoms with Crippen LogP contribution in [0.25, 0.3) is 11.1 Å². The SMILES string of the molecule is CC(CNCC(=O)c1ccc(NS(C)(=O)=O)cc1)n1c(=O)oc2ccccc21. The monoisotopic (exact) mass is 403 g/mol. The summed E-state index contributed by atoms with van der Waals surface area (Å²) in [6.07, 6.45) is 1.06. The van der Waals surface area contributed by atoms with Crippen LogP contribution in [-0.4, -0.2) is 38.1 Å². The van der Waals surface area contributed by atoms with Crippen LogP contribution in [0.3, 0.4) is 0 Å². The smallest absolute Gasteiger partial charge is 0.408 e. The van der Waals surface area contributed by atoms with Crippen molar-refractivity contribution in [3.63, 3.8) is 0 Å². The van der Waals surface area contributed by atoms with Gasteiger partial charge in [0.2, 0.25) is 10.0 Å². The summed E-state index contributed by atoms with van der Waals surface area (Å²) in [7, 11) is -3.36. The van der Waals surface area contributed by atoms with Gasteiger partial charge < -0.3 is 9.73 Å². The van der Waals surface area contributed by atoms with E-state index in [4.69, 9.17) is 4.42 Å². The molecule has 1 aromatic heterocycles. The van der Waals surface area contributed by atoms with Crippen molar-refractivity contribution >= 4 is 32.6 Å². The lowest BCUT2D eigenvalue weighted by atomic mass is 10.1. The van der Waals surface area contributed by atoms with Gasteiger partial charge in [-0.2, -0.15) is 0 Å². The molecule has 0 amide bonds. The van der Waals surface area contributed by atoms with E-state index in [-0.39, 0.29) is 18.4 Å². The van der Waals surface area contributed by atoms with Crippen LogP contribution in [0, 0.1) is 0 Å². The molecule has 2 aromatic carbocycles. The number of carbonyl (C=O) groups is 1. The van der Waals surface area contributed by atoms with E-state index < -0.39 is 15.8 Å². The number of anilines is 1. The first-order chi connectivity index (χ1) is 13.2. The van der Waals surface area contributed by atoms with Crippen molar-refractivity contribution in [3.8, 4) is 0 Å². The van der Waals surface area contributed by atoms with Gasteiger partial charge in [0.25, 0.3) is 0 Å². The predicted molar refractivity (Wildman–Crippen MR) is 107 cm³/mol. The van der Waals surface area contributed by atoms with Crippen molar-refractivity contribution in [2.24, 2.45) is 0 Å². The molecule has 0 saturated heterocycles. The molecule has 0 aliphatic rings. The lowest BCUT2D eigenvalue weighted by Crippen LogP contribution is -2.31. The molecule has 0 fully saturated rings. The second kappa shape index (κ2) is 7.99. The van der Waals surface area contributed by atoms with Crippen LogP contribution in [0.2, 0.25) is 0 Å². The summed E-state index contributed by atoms with van der Waals surface area (Å²) in [5.41, 5.74) is 2.09. The minimum absolute atomic E-state index is 0.0910. The van der Waals surface area contributed by atoms with Gasteiger partial charge in [-0.15, -0.1) is 0 Å². The Morgan fingerprint density at radius 1 is 1.14 bits per heavy atom. The minimum Gasteiger partial charge on any atom is -0.408 e. The van der Waals surface area contributed by atoms with Crippen LogP contribution in [0.1, 0.15) is 23.3 Å². The molecule has 1 atom stereocenters. The van der Waals surface area contributed by atoms with Gasteiger partial charge in [-0.25, -0.2) is 13.2 Å². The van der Waals surface area contributed by atoms with Crippen LogP contribution in [0.15, 0.2) is 57.7 Å². The molecule has 2 N–H and O–H groups in total. The lowest BCUT2D eigenvalue weighted by Gasteiger charge is -2.13. The van der Waals surface area contributed by atoms with Gasteiger partial charge in [0, 0.05) is 17.8 Å². The van der Waals surface area contributed by atoms with E-state index in [0.29, 0.717) is 28.9 Å². The number of ketones is 1. The molecule has 148 valence electrons. The number of hydrogen-bond donors (Lipinski definition) is 2. The zero-order valence-electron chi connectivity index (χ0n) is 15.5. The molecule has 3 aromatic rings. The fourth-order valence-corrected chi connectivity index (χ4v) is 3.49. The third-order valence-corrected chi connectivity index (χ3v) is 4.80. The van der Waals surface area contributed by atoms with Crippen LogP contribution in [0.5, 0.6) is 0 Å². The number of para-hydroxylation sites is 2. The van der Waals surface area contributed by atoms with Gasteiger partial charge in [-0.1, -0.05) is 12.1 Å². The van der Waals surface area contributed by atoms with Crippen LogP contribution in [0.4, 0.5) is 5.69 Å². The molecule has 1 heterocycles. The number of nitrogens with one attached hydrogen (secondary N) is 2. The average Bonchev–Trinajstić information content (AvgIpc) is 2.96. The summed E-state index contributed by atoms with van der Waals surface area (Å²) in [6, 6.07) is 13.2. The number of fused-ring (bicyclic) bond motifs is 1. The summed E-state index contributed by atoms with van der Waals surface area (Å²) in [5.74, 6) is -0.571. The van der Waals surface area contributed by atoms with Crippen molar-refractivity contribution in [3.05, 3.63) is 64.6 Å². The minimum atomic E-state index is -3.36. The normalized spacial score (nSPS) is 12.8. The first-order valence-corrected chi connectivity index (χ1v) is 10.6. The van der Waals surface area contributed by atoms with E-state index in [1.165, 1.54) is 12.1 Å². The molecule has 0 radical (unpaired) electrons. The average molecular weight is 403 g/mol. The lowest BCUT2D eigenvalue weighted by molar-refractivity contribution is 0.0990. The van der Waals surface area contributed by atoms with Crippen LogP contribution < -0.4 is 15.8 Å². The Morgan fingerprint density at radius 3 is 2.50 bits per heavy atom. The van der Waals surface area contributed by atoms with E-state index in [1.807, 2.05) is 19.1 Å². The summed E-state index contributed by atoms with van der Waals surface area (Å²) in [5, 5.41) is 3.05. The Kier molecular flexibility index (Phi) is 5.66. The largest absolute Gasteiger partial charge is 0.420 e. The molecule has 3 rings (SSSR count). The van der Waals surface area contributed by atoms with Crippen molar-refractivity contribution in [2.45, 2.75) is 13.0 Å². The third kappa shape index (κ3) is 4.68. The maximum atomic E-state index is 12.3. The highest BCUT2D eigenvalue weighted by molar-refractivity contribution is 7.92. The molecule has 0 aliphatic heterocycles. The first-order valence-electron chi connectivity index (χ1n) is 8.66. The molecule has 0 aliphatic carbocycles. The molecule has 9 heteroatoms. The molecular formula is C19H21N3O5S. The van der Waals surface area contributed by atoms with E-state index in [0.717, 1.165) is 6.26 Å². The molecular weight excluding hydrogens is 382 g/mol. The van der Waals surface area contributed by atoms with Crippen molar-refractivity contribution < 1.29 is 17.6 Å². The molecule has 0 bridgehead atoms. The highest BCUT2D eigenvalue weighted by Gasteiger charge is 2.15. The number of sulfonamides is 1. The van der Waals surface area contributed by atoms with E-state index >= 15 is 0 Å². The maximum Gasteiger partial charge on any atom is 0.420 e. The first kappa shape index (κ1) is 19.8. The van der Waals surface area contributed by atoms with Crippen molar-refractivity contribution in [2.75, 3.05) is 24.1 Å². The van der Waals surface area contributed by atoms with E-state index in [1.54, 1.807) is 28.8 Å². The number of rotatable bonds is 8. The number of hydrogen-bond acceptors (Lipinski definition) is 6. The van der Waals surface area contributed by atoms with Gasteiger partial charge in [0.1, 0.15) is 0 Å². The molecule has 0 spiro atoms. The number of Topliss-reactive ketones (excluding diaryl/α,β-unsaturated/α-hetero) is 1. The zero-order chi connectivity index (χ0) is 20.3. The van der Waals surface area contributed by atoms with Gasteiger partial charge in [0.05, 0.1) is 24.4 Å². The Bertz CT molecular complexity index is 1150. The number of nitrogens with zero attached hydrogens (tertiary/aromatic N) is 1. The maximum absolute atomic E-state index is 12.3. The van der Waals surface area contributed by atoms with Gasteiger partial charge in [-0.05, 0) is 43.3 Å². The molecule has 1 unspecified atom stereocenters. The van der Waals surface area contributed by atoms with Crippen LogP contribution >= 0.6 is 0 Å². The molecule has 0 saturated carbocycles. The van der Waals surface area contributed by atoms with Crippen molar-refractivity contribution in [1.29, 1.82) is 0 Å². The van der Waals surface area contributed by atoms with Crippen LogP contribution in [-0.2, 0) is 10.0 Å². The Hall–Kier alpha value is -2.91. The molecule has 28 heavy (non-hydrogen) atoms. The number of carbonyl (C=O) groups excluding carboxylic acids is 1. The fourth-order valence-electron chi connectivity index (χ4n) is 2.93. The summed E-state index contributed by atoms with van der Waals surface area (Å²) >= 11 is 0. The fraction of sp³-hybridized carbons (Fsp3) is 0.263. The topological polar surface area (TPSA) is 110 Å². The summed E-state index contributed by atoms with van der Waals surface area (Å²) in [4.78, 5) is 24.4. The zero-order valence-corrected chi connectivity index (χ0v) is 16.3. The quantitative estimate of drug-likeness (QED) is 0.557. The standard InChI is InChI=1S/C19H21N3O5S/c1-13(22-16-5-3-4-6-18(16)27-19(22)24)11-20-12-17(23)14-7-9-15(10-8-14)21-28(2,25)26/h3-10,13,20-21H,11-12H2,1-2H3. The number of aromatic nitrogens is 1. The van der Waals surface area contributed by atoms with Gasteiger partial charge in [-0.3, -0.25) is 14.1 Å². The summed E-state index contributed by atoms with van der Waals surface area (Å²) in [6.45, 7) is 2.36. The van der Waals surface area contributed by atoms with E-state index in [2.05, 4.69) is 10.0 Å². The predicted octanol–water partition coefficient (Wildman–Crippen LogP) is 2.00. The highest BCUT2D eigenvalue weighted by Crippen LogP contribution is 2.16. The highest BCUT2D eigenvalue weighted by atomic mass is 32.2. The Morgan fingerprint density at radius 2 is 1.82 bits per heavy atom.